The van der Waals surface area contributed by atoms with Crippen molar-refractivity contribution < 1.29 is 9.47 Å². The highest BCUT2D eigenvalue weighted by atomic mass is 16.5. The van der Waals surface area contributed by atoms with Crippen molar-refractivity contribution in [3.05, 3.63) is 64.2 Å². The van der Waals surface area contributed by atoms with Crippen LogP contribution < -0.4 is 15.0 Å². The fourth-order valence-electron chi connectivity index (χ4n) is 4.67. The molecule has 0 N–H and O–H groups in total. The van der Waals surface area contributed by atoms with Crippen molar-refractivity contribution >= 4 is 33.2 Å². The summed E-state index contributed by atoms with van der Waals surface area (Å²) >= 11 is 0. The van der Waals surface area contributed by atoms with Crippen LogP contribution >= 0.6 is 0 Å². The summed E-state index contributed by atoms with van der Waals surface area (Å²) in [4.78, 5) is 28.5. The third-order valence-corrected chi connectivity index (χ3v) is 6.68. The number of rotatable bonds is 7. The van der Waals surface area contributed by atoms with Crippen LogP contribution in [0.4, 0.5) is 0 Å². The van der Waals surface area contributed by atoms with Gasteiger partial charge in [0.2, 0.25) is 0 Å². The first-order valence-corrected chi connectivity index (χ1v) is 11.9. The van der Waals surface area contributed by atoms with Crippen molar-refractivity contribution in [2.24, 2.45) is 0 Å². The number of nitrogens with zero attached hydrogens (tertiary/aromatic N) is 5. The lowest BCUT2D eigenvalue weighted by Gasteiger charge is -2.16. The maximum Gasteiger partial charge on any atom is 0.265 e. The van der Waals surface area contributed by atoms with Gasteiger partial charge in [0.15, 0.2) is 22.8 Å². The highest BCUT2D eigenvalue weighted by Crippen LogP contribution is 2.29. The van der Waals surface area contributed by atoms with Crippen molar-refractivity contribution in [1.29, 1.82) is 0 Å². The van der Waals surface area contributed by atoms with Gasteiger partial charge >= 0.3 is 0 Å². The fourth-order valence-corrected chi connectivity index (χ4v) is 4.67. The van der Waals surface area contributed by atoms with Gasteiger partial charge in [-0.1, -0.05) is 25.1 Å². The zero-order chi connectivity index (χ0) is 24.7. The van der Waals surface area contributed by atoms with Crippen LogP contribution in [0.15, 0.2) is 47.3 Å². The summed E-state index contributed by atoms with van der Waals surface area (Å²) in [6.07, 6.45) is 1.53. The Labute approximate surface area is 203 Å². The molecular weight excluding hydrogens is 442 g/mol. The summed E-state index contributed by atoms with van der Waals surface area (Å²) in [7, 11) is 3.25. The SMILES string of the molecule is CC[C@@H](C)n1c(C)nc2c(c1=O)c1nc3ccccc3nc1n2CCc1ccc(OC)c(OC)c1. The fraction of sp³-hybridized carbons (Fsp3) is 0.333. The number of methoxy groups -OCH3 is 2. The minimum Gasteiger partial charge on any atom is -0.493 e. The molecule has 0 fully saturated rings. The third-order valence-electron chi connectivity index (χ3n) is 6.68. The molecule has 5 rings (SSSR count). The normalized spacial score (nSPS) is 12.5. The maximum absolute atomic E-state index is 13.8. The van der Waals surface area contributed by atoms with E-state index in [1.165, 1.54) is 0 Å². The first kappa shape index (κ1) is 22.8. The van der Waals surface area contributed by atoms with Gasteiger partial charge in [-0.25, -0.2) is 15.0 Å². The summed E-state index contributed by atoms with van der Waals surface area (Å²) in [5.41, 5.74) is 4.45. The van der Waals surface area contributed by atoms with E-state index in [9.17, 15) is 4.79 Å². The predicted octanol–water partition coefficient (Wildman–Crippen LogP) is 4.83. The van der Waals surface area contributed by atoms with Crippen LogP contribution in [-0.4, -0.2) is 38.3 Å². The molecule has 180 valence electrons. The number of aryl methyl sites for hydroxylation is 3. The molecule has 3 heterocycles. The molecular formula is C27H29N5O3. The Morgan fingerprint density at radius 3 is 2.34 bits per heavy atom. The number of hydrogen-bond donors (Lipinski definition) is 0. The zero-order valence-electron chi connectivity index (χ0n) is 20.7. The Balaban J connectivity index is 1.72. The van der Waals surface area contributed by atoms with Gasteiger partial charge in [-0.05, 0) is 56.5 Å². The van der Waals surface area contributed by atoms with E-state index >= 15 is 0 Å². The smallest absolute Gasteiger partial charge is 0.265 e. The van der Waals surface area contributed by atoms with E-state index in [4.69, 9.17) is 24.4 Å². The molecule has 0 saturated heterocycles. The van der Waals surface area contributed by atoms with Gasteiger partial charge in [0.05, 0.1) is 25.3 Å². The predicted molar refractivity (Wildman–Crippen MR) is 138 cm³/mol. The van der Waals surface area contributed by atoms with Crippen LogP contribution in [0, 0.1) is 6.92 Å². The average molecular weight is 472 g/mol. The first-order valence-electron chi connectivity index (χ1n) is 11.9. The summed E-state index contributed by atoms with van der Waals surface area (Å²) in [6.45, 7) is 6.59. The van der Waals surface area contributed by atoms with Gasteiger partial charge in [0.1, 0.15) is 16.7 Å². The van der Waals surface area contributed by atoms with Crippen LogP contribution in [-0.2, 0) is 13.0 Å². The van der Waals surface area contributed by atoms with Crippen LogP contribution in [0.2, 0.25) is 0 Å². The Morgan fingerprint density at radius 2 is 1.66 bits per heavy atom. The van der Waals surface area contributed by atoms with Crippen molar-refractivity contribution in [2.45, 2.75) is 46.2 Å². The molecule has 0 bridgehead atoms. The van der Waals surface area contributed by atoms with Crippen molar-refractivity contribution in [3.8, 4) is 11.5 Å². The second-order valence-corrected chi connectivity index (χ2v) is 8.77. The van der Waals surface area contributed by atoms with E-state index in [-0.39, 0.29) is 11.6 Å². The topological polar surface area (TPSA) is 84.1 Å². The molecule has 3 aromatic heterocycles. The molecule has 0 aliphatic heterocycles. The molecule has 0 saturated carbocycles. The van der Waals surface area contributed by atoms with E-state index in [2.05, 4.69) is 6.92 Å². The number of para-hydroxylation sites is 2. The molecule has 0 unspecified atom stereocenters. The Morgan fingerprint density at radius 1 is 0.943 bits per heavy atom. The lowest BCUT2D eigenvalue weighted by molar-refractivity contribution is 0.354. The molecule has 0 aliphatic carbocycles. The quantitative estimate of drug-likeness (QED) is 0.338. The van der Waals surface area contributed by atoms with Crippen LogP contribution in [0.25, 0.3) is 33.2 Å². The molecule has 5 aromatic rings. The molecule has 0 radical (unpaired) electrons. The van der Waals surface area contributed by atoms with Gasteiger partial charge in [0, 0.05) is 12.6 Å². The molecule has 0 spiro atoms. The van der Waals surface area contributed by atoms with Crippen LogP contribution in [0.1, 0.15) is 37.7 Å². The highest BCUT2D eigenvalue weighted by molar-refractivity contribution is 6.04. The maximum atomic E-state index is 13.8. The Hall–Kier alpha value is -3.94. The number of benzene rings is 2. The molecule has 0 amide bonds. The molecule has 2 aromatic carbocycles. The second kappa shape index (κ2) is 9.02. The minimum atomic E-state index is -0.0682. The monoisotopic (exact) mass is 471 g/mol. The molecule has 8 heteroatoms. The van der Waals surface area contributed by atoms with E-state index in [0.29, 0.717) is 52.5 Å². The molecule has 8 nitrogen and oxygen atoms in total. The van der Waals surface area contributed by atoms with E-state index in [0.717, 1.165) is 23.0 Å². The lowest BCUT2D eigenvalue weighted by Crippen LogP contribution is -2.26. The number of ether oxygens (including phenoxy) is 2. The summed E-state index contributed by atoms with van der Waals surface area (Å²) in [5, 5.41) is 0.525. The Bertz CT molecular complexity index is 1620. The van der Waals surface area contributed by atoms with Crippen LogP contribution in [0.3, 0.4) is 0 Å². The number of hydrogen-bond acceptors (Lipinski definition) is 6. The molecule has 35 heavy (non-hydrogen) atoms. The molecule has 1 atom stereocenters. The second-order valence-electron chi connectivity index (χ2n) is 8.77. The largest absolute Gasteiger partial charge is 0.493 e. The van der Waals surface area contributed by atoms with E-state index in [1.54, 1.807) is 18.8 Å². The number of aromatic nitrogens is 5. The van der Waals surface area contributed by atoms with Crippen molar-refractivity contribution in [2.75, 3.05) is 14.2 Å². The van der Waals surface area contributed by atoms with E-state index in [1.807, 2.05) is 60.9 Å². The number of fused-ring (bicyclic) bond motifs is 4. The molecule has 0 aliphatic rings. The minimum absolute atomic E-state index is 0.0398. The van der Waals surface area contributed by atoms with Gasteiger partial charge in [0.25, 0.3) is 5.56 Å². The lowest BCUT2D eigenvalue weighted by atomic mass is 10.1. The van der Waals surface area contributed by atoms with Crippen molar-refractivity contribution in [1.82, 2.24) is 24.1 Å². The Kier molecular flexibility index (Phi) is 5.88. The summed E-state index contributed by atoms with van der Waals surface area (Å²) in [5.74, 6) is 2.06. The highest BCUT2D eigenvalue weighted by Gasteiger charge is 2.22. The van der Waals surface area contributed by atoms with Crippen molar-refractivity contribution in [3.63, 3.8) is 0 Å². The van der Waals surface area contributed by atoms with Gasteiger partial charge in [-0.2, -0.15) is 0 Å². The van der Waals surface area contributed by atoms with Crippen LogP contribution in [0.5, 0.6) is 11.5 Å². The van der Waals surface area contributed by atoms with Gasteiger partial charge < -0.3 is 14.0 Å². The first-order chi connectivity index (χ1) is 17.0. The average Bonchev–Trinajstić information content (AvgIpc) is 3.17. The summed E-state index contributed by atoms with van der Waals surface area (Å²) in [6, 6.07) is 13.7. The zero-order valence-corrected chi connectivity index (χ0v) is 20.7. The van der Waals surface area contributed by atoms with Gasteiger partial charge in [-0.3, -0.25) is 9.36 Å². The standard InChI is InChI=1S/C27H29N5O3/c1-6-16(2)32-17(3)28-25-23(27(32)33)24-26(30-20-10-8-7-9-19(20)29-24)31(25)14-13-18-11-12-21(34-4)22(15-18)35-5/h7-12,15-16H,6,13-14H2,1-5H3/t16-/m1/s1. The van der Waals surface area contributed by atoms with Gasteiger partial charge in [-0.15, -0.1) is 0 Å². The van der Waals surface area contributed by atoms with E-state index < -0.39 is 0 Å². The third kappa shape index (κ3) is 3.79. The summed E-state index contributed by atoms with van der Waals surface area (Å²) < 4.78 is 14.6.